The van der Waals surface area contributed by atoms with Gasteiger partial charge in [0, 0.05) is 49.2 Å². The van der Waals surface area contributed by atoms with Crippen LogP contribution in [0.4, 0.5) is 4.39 Å². The molecule has 0 atom stereocenters. The van der Waals surface area contributed by atoms with Gasteiger partial charge in [0.05, 0.1) is 11.4 Å². The van der Waals surface area contributed by atoms with Crippen LogP contribution in [0.1, 0.15) is 46.2 Å². The summed E-state index contributed by atoms with van der Waals surface area (Å²) in [4.78, 5) is 15.0. The monoisotopic (exact) mass is 433 g/mol. The molecule has 2 heterocycles. The first-order valence-electron chi connectivity index (χ1n) is 10.4. The molecule has 1 aliphatic heterocycles. The Morgan fingerprint density at radius 3 is 2.33 bits per heavy atom. The molecule has 162 valence electrons. The second kappa shape index (κ2) is 7.90. The van der Waals surface area contributed by atoms with Crippen molar-refractivity contribution in [3.63, 3.8) is 0 Å². The maximum absolute atomic E-state index is 13.3. The summed E-state index contributed by atoms with van der Waals surface area (Å²) in [5, 5.41) is 0. The SMILES string of the molecule is Cc1cc(F)ccc1S(=O)(=O)N1CCN(CC(=O)c2cc(C)n(C3CC3)c2C)CC1. The molecular weight excluding hydrogens is 405 g/mol. The van der Waals surface area contributed by atoms with E-state index < -0.39 is 15.8 Å². The fraction of sp³-hybridized carbons (Fsp3) is 0.500. The molecule has 1 saturated heterocycles. The number of sulfonamides is 1. The van der Waals surface area contributed by atoms with Gasteiger partial charge >= 0.3 is 0 Å². The summed E-state index contributed by atoms with van der Waals surface area (Å²) in [6.07, 6.45) is 2.35. The molecule has 0 spiro atoms. The topological polar surface area (TPSA) is 62.6 Å². The van der Waals surface area contributed by atoms with Crippen LogP contribution < -0.4 is 0 Å². The quantitative estimate of drug-likeness (QED) is 0.657. The highest BCUT2D eigenvalue weighted by atomic mass is 32.2. The summed E-state index contributed by atoms with van der Waals surface area (Å²) < 4.78 is 42.9. The van der Waals surface area contributed by atoms with Gasteiger partial charge in [0.25, 0.3) is 0 Å². The molecule has 1 aliphatic carbocycles. The summed E-state index contributed by atoms with van der Waals surface area (Å²) >= 11 is 0. The lowest BCUT2D eigenvalue weighted by Gasteiger charge is -2.33. The number of piperazine rings is 1. The normalized spacial score (nSPS) is 18.7. The minimum atomic E-state index is -3.67. The predicted octanol–water partition coefficient (Wildman–Crippen LogP) is 3.08. The zero-order valence-corrected chi connectivity index (χ0v) is 18.5. The van der Waals surface area contributed by atoms with E-state index in [0.717, 1.165) is 17.0 Å². The Kier molecular flexibility index (Phi) is 5.59. The van der Waals surface area contributed by atoms with Gasteiger partial charge in [0.2, 0.25) is 10.0 Å². The highest BCUT2D eigenvalue weighted by Gasteiger charge is 2.32. The minimum Gasteiger partial charge on any atom is -0.345 e. The van der Waals surface area contributed by atoms with E-state index in [2.05, 4.69) is 4.57 Å². The third-order valence-corrected chi connectivity index (χ3v) is 8.21. The van der Waals surface area contributed by atoms with Gasteiger partial charge in [0.15, 0.2) is 5.78 Å². The molecule has 0 radical (unpaired) electrons. The highest BCUT2D eigenvalue weighted by molar-refractivity contribution is 7.89. The Bertz CT molecular complexity index is 1080. The number of halogens is 1. The van der Waals surface area contributed by atoms with E-state index >= 15 is 0 Å². The zero-order valence-electron chi connectivity index (χ0n) is 17.7. The second-order valence-electron chi connectivity index (χ2n) is 8.40. The largest absolute Gasteiger partial charge is 0.345 e. The van der Waals surface area contributed by atoms with E-state index in [1.165, 1.54) is 35.3 Å². The van der Waals surface area contributed by atoms with Crippen molar-refractivity contribution < 1.29 is 17.6 Å². The average molecular weight is 434 g/mol. The van der Waals surface area contributed by atoms with Gasteiger partial charge in [-0.3, -0.25) is 9.69 Å². The van der Waals surface area contributed by atoms with E-state index in [0.29, 0.717) is 44.3 Å². The smallest absolute Gasteiger partial charge is 0.243 e. The Morgan fingerprint density at radius 1 is 1.07 bits per heavy atom. The van der Waals surface area contributed by atoms with Crippen molar-refractivity contribution >= 4 is 15.8 Å². The summed E-state index contributed by atoms with van der Waals surface area (Å²) in [5.74, 6) is -0.364. The third kappa shape index (κ3) is 3.96. The van der Waals surface area contributed by atoms with Crippen LogP contribution in [0.15, 0.2) is 29.2 Å². The molecule has 0 N–H and O–H groups in total. The molecule has 2 fully saturated rings. The Balaban J connectivity index is 1.40. The zero-order chi connectivity index (χ0) is 21.6. The van der Waals surface area contributed by atoms with Crippen LogP contribution in [0.3, 0.4) is 0 Å². The van der Waals surface area contributed by atoms with E-state index in [-0.39, 0.29) is 10.7 Å². The third-order valence-electron chi connectivity index (χ3n) is 6.15. The van der Waals surface area contributed by atoms with Gasteiger partial charge in [-0.25, -0.2) is 12.8 Å². The van der Waals surface area contributed by atoms with Gasteiger partial charge in [-0.05, 0) is 63.4 Å². The first-order valence-corrected chi connectivity index (χ1v) is 11.8. The van der Waals surface area contributed by atoms with Crippen molar-refractivity contribution in [1.82, 2.24) is 13.8 Å². The maximum Gasteiger partial charge on any atom is 0.243 e. The number of ketones is 1. The van der Waals surface area contributed by atoms with Gasteiger partial charge in [-0.15, -0.1) is 0 Å². The second-order valence-corrected chi connectivity index (χ2v) is 10.3. The molecule has 0 amide bonds. The van der Waals surface area contributed by atoms with Crippen molar-refractivity contribution in [1.29, 1.82) is 0 Å². The molecule has 4 rings (SSSR count). The standard InChI is InChI=1S/C22H28FN3O3S/c1-15-12-18(23)4-7-22(15)30(28,29)25-10-8-24(9-11-25)14-21(27)20-13-16(2)26(17(20)3)19-5-6-19/h4,7,12-13,19H,5-6,8-11,14H2,1-3H3. The van der Waals surface area contributed by atoms with E-state index in [9.17, 15) is 17.6 Å². The van der Waals surface area contributed by atoms with Crippen LogP contribution in [-0.4, -0.2) is 60.7 Å². The van der Waals surface area contributed by atoms with Gasteiger partial charge in [-0.2, -0.15) is 4.31 Å². The number of carbonyl (C=O) groups is 1. The van der Waals surface area contributed by atoms with Crippen molar-refractivity contribution in [2.75, 3.05) is 32.7 Å². The number of benzene rings is 1. The molecule has 1 aromatic carbocycles. The van der Waals surface area contributed by atoms with Crippen LogP contribution in [0.2, 0.25) is 0 Å². The Labute approximate surface area is 177 Å². The predicted molar refractivity (Wildman–Crippen MR) is 113 cm³/mol. The molecule has 0 unspecified atom stereocenters. The van der Waals surface area contributed by atoms with Crippen molar-refractivity contribution in [2.45, 2.75) is 44.6 Å². The lowest BCUT2D eigenvalue weighted by molar-refractivity contribution is 0.0901. The van der Waals surface area contributed by atoms with Crippen LogP contribution in [-0.2, 0) is 10.0 Å². The maximum atomic E-state index is 13.3. The van der Waals surface area contributed by atoms with Crippen LogP contribution >= 0.6 is 0 Å². The summed E-state index contributed by atoms with van der Waals surface area (Å²) in [7, 11) is -3.67. The molecule has 8 heteroatoms. The molecule has 30 heavy (non-hydrogen) atoms. The number of hydrogen-bond acceptors (Lipinski definition) is 4. The lowest BCUT2D eigenvalue weighted by Crippen LogP contribution is -2.49. The van der Waals surface area contributed by atoms with E-state index in [1.54, 1.807) is 6.92 Å². The number of Topliss-reactive ketones (excluding diaryl/α,β-unsaturated/α-hetero) is 1. The fourth-order valence-electron chi connectivity index (χ4n) is 4.41. The Hall–Kier alpha value is -2.03. The summed E-state index contributed by atoms with van der Waals surface area (Å²) in [6, 6.07) is 6.25. The van der Waals surface area contributed by atoms with Crippen molar-refractivity contribution in [3.05, 3.63) is 52.6 Å². The van der Waals surface area contributed by atoms with Crippen LogP contribution in [0.5, 0.6) is 0 Å². The summed E-state index contributed by atoms with van der Waals surface area (Å²) in [5.41, 5.74) is 3.34. The van der Waals surface area contributed by atoms with Gasteiger partial charge in [-0.1, -0.05) is 0 Å². The average Bonchev–Trinajstić information content (AvgIpc) is 3.46. The number of aryl methyl sites for hydroxylation is 2. The number of nitrogens with zero attached hydrogens (tertiary/aromatic N) is 3. The molecular formula is C22H28FN3O3S. The molecule has 1 aromatic heterocycles. The Morgan fingerprint density at radius 2 is 1.73 bits per heavy atom. The lowest BCUT2D eigenvalue weighted by atomic mass is 10.1. The van der Waals surface area contributed by atoms with Gasteiger partial charge in [0.1, 0.15) is 5.82 Å². The first-order chi connectivity index (χ1) is 14.2. The first kappa shape index (κ1) is 21.2. The van der Waals surface area contributed by atoms with Gasteiger partial charge < -0.3 is 4.57 Å². The highest BCUT2D eigenvalue weighted by Crippen LogP contribution is 2.38. The number of aromatic nitrogens is 1. The molecule has 1 saturated carbocycles. The minimum absolute atomic E-state index is 0.0840. The van der Waals surface area contributed by atoms with Crippen LogP contribution in [0, 0.1) is 26.6 Å². The van der Waals surface area contributed by atoms with E-state index in [4.69, 9.17) is 0 Å². The molecule has 2 aliphatic rings. The summed E-state index contributed by atoms with van der Waals surface area (Å²) in [6.45, 7) is 7.55. The molecule has 0 bridgehead atoms. The molecule has 6 nitrogen and oxygen atoms in total. The van der Waals surface area contributed by atoms with Crippen molar-refractivity contribution in [3.8, 4) is 0 Å². The number of hydrogen-bond donors (Lipinski definition) is 0. The number of rotatable bonds is 6. The fourth-order valence-corrected chi connectivity index (χ4v) is 6.04. The van der Waals surface area contributed by atoms with E-state index in [1.807, 2.05) is 24.8 Å². The molecule has 2 aromatic rings. The van der Waals surface area contributed by atoms with Crippen molar-refractivity contribution in [2.24, 2.45) is 0 Å². The number of carbonyl (C=O) groups excluding carboxylic acids is 1. The van der Waals surface area contributed by atoms with Crippen LogP contribution in [0.25, 0.3) is 0 Å².